The van der Waals surface area contributed by atoms with Crippen LogP contribution in [0.5, 0.6) is 0 Å². The van der Waals surface area contributed by atoms with Crippen LogP contribution in [0.4, 0.5) is 0 Å². The first kappa shape index (κ1) is 12.9. The van der Waals surface area contributed by atoms with E-state index in [2.05, 4.69) is 18.7 Å². The molecule has 0 aromatic carbocycles. The van der Waals surface area contributed by atoms with Crippen molar-refractivity contribution in [3.8, 4) is 0 Å². The van der Waals surface area contributed by atoms with Crippen LogP contribution >= 0.6 is 0 Å². The number of methoxy groups -OCH3 is 1. The fraction of sp³-hybridized carbons (Fsp3) is 1.00. The Labute approximate surface area is 94.0 Å². The van der Waals surface area contributed by atoms with Gasteiger partial charge in [0.1, 0.15) is 0 Å². The Morgan fingerprint density at radius 3 is 2.80 bits per heavy atom. The minimum Gasteiger partial charge on any atom is -0.385 e. The molecule has 1 aliphatic rings. The van der Waals surface area contributed by atoms with Gasteiger partial charge in [0.25, 0.3) is 0 Å². The first-order chi connectivity index (χ1) is 7.13. The Morgan fingerprint density at radius 1 is 1.40 bits per heavy atom. The van der Waals surface area contributed by atoms with Gasteiger partial charge in [0.15, 0.2) is 0 Å². The average molecular weight is 214 g/mol. The van der Waals surface area contributed by atoms with Crippen LogP contribution in [-0.4, -0.2) is 43.8 Å². The summed E-state index contributed by atoms with van der Waals surface area (Å²) in [6.07, 6.45) is 3.65. The van der Waals surface area contributed by atoms with Gasteiger partial charge in [0.2, 0.25) is 0 Å². The summed E-state index contributed by atoms with van der Waals surface area (Å²) in [5.74, 6) is 0.829. The van der Waals surface area contributed by atoms with Crippen LogP contribution in [0.15, 0.2) is 0 Å². The molecule has 0 saturated carbocycles. The van der Waals surface area contributed by atoms with E-state index in [0.29, 0.717) is 6.04 Å². The number of hydrogen-bond acceptors (Lipinski definition) is 3. The van der Waals surface area contributed by atoms with E-state index in [9.17, 15) is 0 Å². The molecule has 0 amide bonds. The van der Waals surface area contributed by atoms with E-state index in [0.717, 1.165) is 25.5 Å². The minimum atomic E-state index is 0.262. The summed E-state index contributed by atoms with van der Waals surface area (Å²) >= 11 is 0. The molecular weight excluding hydrogens is 188 g/mol. The Hall–Kier alpha value is -0.120. The highest BCUT2D eigenvalue weighted by Crippen LogP contribution is 2.21. The number of hydrogen-bond donors (Lipinski definition) is 1. The molecule has 1 saturated heterocycles. The highest BCUT2D eigenvalue weighted by atomic mass is 16.5. The zero-order valence-corrected chi connectivity index (χ0v) is 10.4. The molecular formula is C12H26N2O. The summed E-state index contributed by atoms with van der Waals surface area (Å²) in [6, 6.07) is 0.965. The van der Waals surface area contributed by atoms with E-state index in [4.69, 9.17) is 10.5 Å². The number of piperidine rings is 1. The van der Waals surface area contributed by atoms with Crippen molar-refractivity contribution < 1.29 is 4.74 Å². The normalized spacial score (nSPS) is 30.4. The predicted molar refractivity (Wildman–Crippen MR) is 63.9 cm³/mol. The van der Waals surface area contributed by atoms with Crippen molar-refractivity contribution in [3.05, 3.63) is 0 Å². The summed E-state index contributed by atoms with van der Waals surface area (Å²) in [5, 5.41) is 0. The molecule has 3 atom stereocenters. The molecule has 90 valence electrons. The van der Waals surface area contributed by atoms with Gasteiger partial charge in [-0.3, -0.25) is 4.90 Å². The standard InChI is InChI=1S/C12H26N2O/c1-10-4-5-11(2)14(8-10)9-12(13)6-7-15-3/h10-12H,4-9,13H2,1-3H3. The van der Waals surface area contributed by atoms with Gasteiger partial charge in [0, 0.05) is 38.9 Å². The zero-order chi connectivity index (χ0) is 11.3. The van der Waals surface area contributed by atoms with E-state index in [1.165, 1.54) is 19.4 Å². The third kappa shape index (κ3) is 4.49. The maximum atomic E-state index is 6.08. The second-order valence-corrected chi connectivity index (χ2v) is 5.03. The van der Waals surface area contributed by atoms with Crippen molar-refractivity contribution >= 4 is 0 Å². The van der Waals surface area contributed by atoms with Crippen molar-refractivity contribution in [1.82, 2.24) is 4.90 Å². The van der Waals surface area contributed by atoms with Crippen LogP contribution in [-0.2, 0) is 4.74 Å². The molecule has 0 aromatic heterocycles. The van der Waals surface area contributed by atoms with Gasteiger partial charge in [-0.15, -0.1) is 0 Å². The third-order valence-electron chi connectivity index (χ3n) is 3.41. The molecule has 1 heterocycles. The smallest absolute Gasteiger partial charge is 0.0477 e. The van der Waals surface area contributed by atoms with E-state index >= 15 is 0 Å². The van der Waals surface area contributed by atoms with E-state index in [1.54, 1.807) is 7.11 Å². The summed E-state index contributed by atoms with van der Waals surface area (Å²) in [5.41, 5.74) is 6.08. The third-order valence-corrected chi connectivity index (χ3v) is 3.41. The summed E-state index contributed by atoms with van der Waals surface area (Å²) in [4.78, 5) is 2.54. The van der Waals surface area contributed by atoms with Crippen LogP contribution < -0.4 is 5.73 Å². The maximum absolute atomic E-state index is 6.08. The van der Waals surface area contributed by atoms with Crippen molar-refractivity contribution in [2.24, 2.45) is 11.7 Å². The quantitative estimate of drug-likeness (QED) is 0.753. The highest BCUT2D eigenvalue weighted by molar-refractivity contribution is 4.79. The first-order valence-electron chi connectivity index (χ1n) is 6.12. The lowest BCUT2D eigenvalue weighted by Crippen LogP contribution is -2.47. The van der Waals surface area contributed by atoms with Gasteiger partial charge in [-0.2, -0.15) is 0 Å². The molecule has 1 rings (SSSR count). The number of rotatable bonds is 5. The van der Waals surface area contributed by atoms with Gasteiger partial charge in [0.05, 0.1) is 0 Å². The van der Waals surface area contributed by atoms with Crippen molar-refractivity contribution in [3.63, 3.8) is 0 Å². The van der Waals surface area contributed by atoms with Gasteiger partial charge in [-0.05, 0) is 32.1 Å². The topological polar surface area (TPSA) is 38.5 Å². The molecule has 2 N–H and O–H groups in total. The molecule has 3 unspecified atom stereocenters. The SMILES string of the molecule is COCCC(N)CN1CC(C)CCC1C. The number of ether oxygens (including phenoxy) is 1. The average Bonchev–Trinajstić information content (AvgIpc) is 2.20. The lowest BCUT2D eigenvalue weighted by Gasteiger charge is -2.38. The van der Waals surface area contributed by atoms with Crippen LogP contribution in [0.3, 0.4) is 0 Å². The highest BCUT2D eigenvalue weighted by Gasteiger charge is 2.23. The Balaban J connectivity index is 2.28. The summed E-state index contributed by atoms with van der Waals surface area (Å²) in [6.45, 7) is 7.66. The first-order valence-corrected chi connectivity index (χ1v) is 6.12. The maximum Gasteiger partial charge on any atom is 0.0477 e. The summed E-state index contributed by atoms with van der Waals surface area (Å²) in [7, 11) is 1.73. The Bertz CT molecular complexity index is 175. The molecule has 0 spiro atoms. The zero-order valence-electron chi connectivity index (χ0n) is 10.4. The lowest BCUT2D eigenvalue weighted by atomic mass is 9.94. The van der Waals surface area contributed by atoms with Gasteiger partial charge in [-0.25, -0.2) is 0 Å². The number of likely N-dealkylation sites (tertiary alicyclic amines) is 1. The molecule has 1 fully saturated rings. The molecule has 0 bridgehead atoms. The number of nitrogens with two attached hydrogens (primary N) is 1. The fourth-order valence-electron chi connectivity index (χ4n) is 2.30. The minimum absolute atomic E-state index is 0.262. The number of nitrogens with zero attached hydrogens (tertiary/aromatic N) is 1. The molecule has 0 aliphatic carbocycles. The van der Waals surface area contributed by atoms with Crippen molar-refractivity contribution in [2.45, 2.75) is 45.2 Å². The Morgan fingerprint density at radius 2 is 2.13 bits per heavy atom. The van der Waals surface area contributed by atoms with Gasteiger partial charge in [-0.1, -0.05) is 6.92 Å². The van der Waals surface area contributed by atoms with Gasteiger partial charge < -0.3 is 10.5 Å². The molecule has 15 heavy (non-hydrogen) atoms. The predicted octanol–water partition coefficient (Wildman–Crippen LogP) is 1.47. The largest absolute Gasteiger partial charge is 0.385 e. The monoisotopic (exact) mass is 214 g/mol. The van der Waals surface area contributed by atoms with Crippen LogP contribution in [0.25, 0.3) is 0 Å². The molecule has 1 aliphatic heterocycles. The van der Waals surface area contributed by atoms with E-state index in [-0.39, 0.29) is 6.04 Å². The Kier molecular flexibility index (Phi) is 5.58. The van der Waals surface area contributed by atoms with E-state index < -0.39 is 0 Å². The van der Waals surface area contributed by atoms with Crippen LogP contribution in [0, 0.1) is 5.92 Å². The fourth-order valence-corrected chi connectivity index (χ4v) is 2.30. The molecule has 0 aromatic rings. The van der Waals surface area contributed by atoms with E-state index in [1.807, 2.05) is 0 Å². The molecule has 0 radical (unpaired) electrons. The van der Waals surface area contributed by atoms with Crippen molar-refractivity contribution in [2.75, 3.05) is 26.8 Å². The van der Waals surface area contributed by atoms with Crippen LogP contribution in [0.1, 0.15) is 33.1 Å². The second kappa shape index (κ2) is 6.46. The molecule has 3 heteroatoms. The van der Waals surface area contributed by atoms with Crippen LogP contribution in [0.2, 0.25) is 0 Å². The lowest BCUT2D eigenvalue weighted by molar-refractivity contribution is 0.108. The van der Waals surface area contributed by atoms with Gasteiger partial charge >= 0.3 is 0 Å². The second-order valence-electron chi connectivity index (χ2n) is 5.03. The summed E-state index contributed by atoms with van der Waals surface area (Å²) < 4.78 is 5.05. The van der Waals surface area contributed by atoms with Crippen molar-refractivity contribution in [1.29, 1.82) is 0 Å². The molecule has 3 nitrogen and oxygen atoms in total.